The number of nitriles is 1. The van der Waals surface area contributed by atoms with Gasteiger partial charge in [0.1, 0.15) is 12.6 Å². The molecule has 17 heavy (non-hydrogen) atoms. The Labute approximate surface area is 98.3 Å². The highest BCUT2D eigenvalue weighted by Crippen LogP contribution is 2.14. The molecule has 7 heteroatoms. The van der Waals surface area contributed by atoms with Gasteiger partial charge in [0.25, 0.3) is 0 Å². The fraction of sp³-hybridized carbons (Fsp3) is 0.900. The minimum absolute atomic E-state index is 0.0710. The van der Waals surface area contributed by atoms with Gasteiger partial charge in [-0.1, -0.05) is 0 Å². The average Bonchev–Trinajstić information content (AvgIpc) is 2.27. The van der Waals surface area contributed by atoms with E-state index in [2.05, 4.69) is 16.1 Å². The molecule has 1 N–H and O–H groups in total. The fourth-order valence-corrected chi connectivity index (χ4v) is 1.70. The molecule has 1 rings (SSSR count). The molecule has 0 aromatic carbocycles. The summed E-state index contributed by atoms with van der Waals surface area (Å²) in [6, 6.07) is 1.97. The van der Waals surface area contributed by atoms with Crippen LogP contribution in [0.15, 0.2) is 0 Å². The molecule has 4 nitrogen and oxygen atoms in total. The zero-order valence-corrected chi connectivity index (χ0v) is 9.46. The van der Waals surface area contributed by atoms with E-state index in [4.69, 9.17) is 5.26 Å². The normalized spacial score (nSPS) is 22.4. The predicted octanol–water partition coefficient (Wildman–Crippen LogP) is 0.753. The van der Waals surface area contributed by atoms with Gasteiger partial charge >= 0.3 is 6.18 Å². The molecule has 1 atom stereocenters. The van der Waals surface area contributed by atoms with Crippen molar-refractivity contribution in [2.45, 2.75) is 18.6 Å². The maximum atomic E-state index is 11.8. The molecular formula is C10H16F3N3O. The number of halogens is 3. The lowest BCUT2D eigenvalue weighted by molar-refractivity contribution is -0.174. The van der Waals surface area contributed by atoms with Crippen LogP contribution in [0.2, 0.25) is 0 Å². The van der Waals surface area contributed by atoms with Gasteiger partial charge in [0.15, 0.2) is 0 Å². The molecule has 0 bridgehead atoms. The van der Waals surface area contributed by atoms with E-state index >= 15 is 0 Å². The maximum absolute atomic E-state index is 11.8. The second-order valence-electron chi connectivity index (χ2n) is 3.91. The van der Waals surface area contributed by atoms with Gasteiger partial charge in [-0.3, -0.25) is 4.90 Å². The van der Waals surface area contributed by atoms with E-state index in [0.717, 1.165) is 13.1 Å². The molecule has 0 radical (unpaired) electrons. The molecule has 0 aliphatic carbocycles. The SMILES string of the molecule is N#CC1CNCCN1CCCOCC(F)(F)F. The summed E-state index contributed by atoms with van der Waals surface area (Å²) in [5.41, 5.74) is 0. The number of hydrogen-bond donors (Lipinski definition) is 1. The van der Waals surface area contributed by atoms with Crippen LogP contribution < -0.4 is 5.32 Å². The lowest BCUT2D eigenvalue weighted by Crippen LogP contribution is -2.50. The highest BCUT2D eigenvalue weighted by molar-refractivity contribution is 4.95. The van der Waals surface area contributed by atoms with E-state index in [1.54, 1.807) is 0 Å². The van der Waals surface area contributed by atoms with Gasteiger partial charge in [0.05, 0.1) is 6.07 Å². The number of ether oxygens (including phenoxy) is 1. The molecule has 0 aromatic rings. The van der Waals surface area contributed by atoms with Gasteiger partial charge < -0.3 is 10.1 Å². The number of hydrogen-bond acceptors (Lipinski definition) is 4. The van der Waals surface area contributed by atoms with E-state index in [1.165, 1.54) is 0 Å². The molecule has 1 aliphatic rings. The minimum atomic E-state index is -4.26. The quantitative estimate of drug-likeness (QED) is 0.733. The number of rotatable bonds is 5. The third-order valence-corrected chi connectivity index (χ3v) is 2.50. The smallest absolute Gasteiger partial charge is 0.372 e. The standard InChI is InChI=1S/C10H16F3N3O/c11-10(12,13)8-17-5-1-3-16-4-2-15-7-9(16)6-14/h9,15H,1-5,7-8H2. The lowest BCUT2D eigenvalue weighted by Gasteiger charge is -2.31. The fourth-order valence-electron chi connectivity index (χ4n) is 1.70. The van der Waals surface area contributed by atoms with Crippen LogP contribution in [-0.4, -0.2) is 56.5 Å². The molecular weight excluding hydrogens is 235 g/mol. The first-order valence-electron chi connectivity index (χ1n) is 5.52. The third kappa shape index (κ3) is 5.86. The summed E-state index contributed by atoms with van der Waals surface area (Å²) in [6.07, 6.45) is -3.75. The van der Waals surface area contributed by atoms with Gasteiger partial charge in [-0.2, -0.15) is 18.4 Å². The van der Waals surface area contributed by atoms with E-state index in [9.17, 15) is 13.2 Å². The predicted molar refractivity (Wildman–Crippen MR) is 55.3 cm³/mol. The second kappa shape index (κ2) is 6.79. The first-order valence-corrected chi connectivity index (χ1v) is 5.52. The first kappa shape index (κ1) is 14.2. The van der Waals surface area contributed by atoms with E-state index in [1.807, 2.05) is 4.90 Å². The van der Waals surface area contributed by atoms with Crippen LogP contribution in [0.5, 0.6) is 0 Å². The molecule has 0 spiro atoms. The summed E-state index contributed by atoms with van der Waals surface area (Å²) in [6.45, 7) is 1.63. The Bertz CT molecular complexity index is 265. The minimum Gasteiger partial charge on any atom is -0.372 e. The van der Waals surface area contributed by atoms with Crippen molar-refractivity contribution in [2.75, 3.05) is 39.4 Å². The zero-order valence-electron chi connectivity index (χ0n) is 9.46. The zero-order chi connectivity index (χ0) is 12.7. The molecule has 0 saturated carbocycles. The summed E-state index contributed by atoms with van der Waals surface area (Å²) in [5, 5.41) is 12.0. The number of nitrogens with one attached hydrogen (secondary N) is 1. The number of nitrogens with zero attached hydrogens (tertiary/aromatic N) is 2. The van der Waals surface area contributed by atoms with Gasteiger partial charge in [-0.15, -0.1) is 0 Å². The van der Waals surface area contributed by atoms with Gasteiger partial charge in [-0.05, 0) is 6.42 Å². The Hall–Kier alpha value is -0.840. The molecule has 98 valence electrons. The molecule has 1 unspecified atom stereocenters. The van der Waals surface area contributed by atoms with E-state index in [-0.39, 0.29) is 12.6 Å². The van der Waals surface area contributed by atoms with Gasteiger partial charge in [0.2, 0.25) is 0 Å². The summed E-state index contributed by atoms with van der Waals surface area (Å²) in [5.74, 6) is 0. The Kier molecular flexibility index (Phi) is 5.68. The third-order valence-electron chi connectivity index (χ3n) is 2.50. The Balaban J connectivity index is 2.11. The highest BCUT2D eigenvalue weighted by Gasteiger charge is 2.27. The van der Waals surface area contributed by atoms with Crippen LogP contribution in [0.3, 0.4) is 0 Å². The summed E-state index contributed by atoms with van der Waals surface area (Å²) >= 11 is 0. The van der Waals surface area contributed by atoms with Gasteiger partial charge in [0, 0.05) is 32.8 Å². The van der Waals surface area contributed by atoms with Crippen molar-refractivity contribution in [3.8, 4) is 6.07 Å². The van der Waals surface area contributed by atoms with Crippen LogP contribution in [0, 0.1) is 11.3 Å². The van der Waals surface area contributed by atoms with Crippen LogP contribution in [0.4, 0.5) is 13.2 Å². The van der Waals surface area contributed by atoms with Crippen LogP contribution >= 0.6 is 0 Å². The Morgan fingerprint density at radius 3 is 2.88 bits per heavy atom. The molecule has 0 aromatic heterocycles. The monoisotopic (exact) mass is 251 g/mol. The van der Waals surface area contributed by atoms with Crippen molar-refractivity contribution >= 4 is 0 Å². The molecule has 0 amide bonds. The molecule has 1 heterocycles. The molecule has 1 aliphatic heterocycles. The van der Waals surface area contributed by atoms with Crippen molar-refractivity contribution in [2.24, 2.45) is 0 Å². The van der Waals surface area contributed by atoms with E-state index < -0.39 is 12.8 Å². The second-order valence-corrected chi connectivity index (χ2v) is 3.91. The summed E-state index contributed by atoms with van der Waals surface area (Å²) in [4.78, 5) is 1.97. The number of alkyl halides is 3. The van der Waals surface area contributed by atoms with E-state index in [0.29, 0.717) is 19.5 Å². The van der Waals surface area contributed by atoms with Crippen LogP contribution in [0.25, 0.3) is 0 Å². The topological polar surface area (TPSA) is 48.3 Å². The van der Waals surface area contributed by atoms with Gasteiger partial charge in [-0.25, -0.2) is 0 Å². The van der Waals surface area contributed by atoms with Crippen molar-refractivity contribution in [1.29, 1.82) is 5.26 Å². The van der Waals surface area contributed by atoms with Crippen LogP contribution in [0.1, 0.15) is 6.42 Å². The Morgan fingerprint density at radius 1 is 1.47 bits per heavy atom. The van der Waals surface area contributed by atoms with Crippen molar-refractivity contribution in [3.63, 3.8) is 0 Å². The van der Waals surface area contributed by atoms with Crippen molar-refractivity contribution < 1.29 is 17.9 Å². The molecule has 1 fully saturated rings. The first-order chi connectivity index (χ1) is 8.03. The van der Waals surface area contributed by atoms with Crippen molar-refractivity contribution in [3.05, 3.63) is 0 Å². The Morgan fingerprint density at radius 2 is 2.24 bits per heavy atom. The lowest BCUT2D eigenvalue weighted by atomic mass is 10.2. The molecule has 1 saturated heterocycles. The number of piperazine rings is 1. The largest absolute Gasteiger partial charge is 0.411 e. The maximum Gasteiger partial charge on any atom is 0.411 e. The summed E-state index contributed by atoms with van der Waals surface area (Å²) in [7, 11) is 0. The average molecular weight is 251 g/mol. The highest BCUT2D eigenvalue weighted by atomic mass is 19.4. The van der Waals surface area contributed by atoms with Crippen molar-refractivity contribution in [1.82, 2.24) is 10.2 Å². The van der Waals surface area contributed by atoms with Crippen LogP contribution in [-0.2, 0) is 4.74 Å². The summed E-state index contributed by atoms with van der Waals surface area (Å²) < 4.78 is 39.8.